The smallest absolute Gasteiger partial charge is 0.288 e. The predicted molar refractivity (Wildman–Crippen MR) is 107 cm³/mol. The average molecular weight is 397 g/mol. The Bertz CT molecular complexity index is 929. The third-order valence-electron chi connectivity index (χ3n) is 5.34. The Balaban J connectivity index is 1.60. The van der Waals surface area contributed by atoms with Crippen molar-refractivity contribution in [3.05, 3.63) is 65.6 Å². The summed E-state index contributed by atoms with van der Waals surface area (Å²) in [5.74, 6) is -0.979. The number of para-hydroxylation sites is 1. The lowest BCUT2D eigenvalue weighted by Crippen LogP contribution is -2.46. The van der Waals surface area contributed by atoms with Crippen LogP contribution in [-0.2, 0) is 11.3 Å². The van der Waals surface area contributed by atoms with Crippen LogP contribution in [0.25, 0.3) is 0 Å². The van der Waals surface area contributed by atoms with Gasteiger partial charge in [-0.15, -0.1) is 0 Å². The van der Waals surface area contributed by atoms with E-state index in [0.717, 1.165) is 24.1 Å². The first-order valence-corrected chi connectivity index (χ1v) is 9.86. The number of nitrogens with zero attached hydrogens (tertiary/aromatic N) is 2. The van der Waals surface area contributed by atoms with Crippen LogP contribution in [0.2, 0.25) is 0 Å². The molecule has 7 heteroatoms. The molecule has 1 saturated carbocycles. The SMILES string of the molecule is Cc1ccc(CN2C=C(C(=O)N[C@H]3CCCC[C@@H]3O)Oc3c(F)cccc32)cn1. The van der Waals surface area contributed by atoms with E-state index >= 15 is 0 Å². The molecule has 0 bridgehead atoms. The number of aliphatic hydroxyl groups is 1. The Kier molecular flexibility index (Phi) is 5.49. The Labute approximate surface area is 169 Å². The van der Waals surface area contributed by atoms with Crippen molar-refractivity contribution >= 4 is 11.6 Å². The number of amides is 1. The minimum atomic E-state index is -0.573. The van der Waals surface area contributed by atoms with Gasteiger partial charge < -0.3 is 20.1 Å². The fourth-order valence-electron chi connectivity index (χ4n) is 3.72. The zero-order valence-electron chi connectivity index (χ0n) is 16.3. The maximum atomic E-state index is 14.4. The molecule has 4 rings (SSSR count). The monoisotopic (exact) mass is 397 g/mol. The summed E-state index contributed by atoms with van der Waals surface area (Å²) in [6, 6.07) is 8.19. The van der Waals surface area contributed by atoms with Crippen LogP contribution < -0.4 is 15.0 Å². The molecular formula is C22H24FN3O3. The summed E-state index contributed by atoms with van der Waals surface area (Å²) >= 11 is 0. The highest BCUT2D eigenvalue weighted by Crippen LogP contribution is 2.37. The Morgan fingerprint density at radius 2 is 2.14 bits per heavy atom. The van der Waals surface area contributed by atoms with Crippen molar-refractivity contribution in [1.82, 2.24) is 10.3 Å². The van der Waals surface area contributed by atoms with Crippen LogP contribution in [0, 0.1) is 12.7 Å². The molecule has 2 N–H and O–H groups in total. The van der Waals surface area contributed by atoms with Crippen molar-refractivity contribution in [1.29, 1.82) is 0 Å². The Morgan fingerprint density at radius 3 is 2.90 bits per heavy atom. The summed E-state index contributed by atoms with van der Waals surface area (Å²) in [5, 5.41) is 13.0. The van der Waals surface area contributed by atoms with E-state index < -0.39 is 17.8 Å². The lowest BCUT2D eigenvalue weighted by atomic mass is 9.92. The molecule has 2 aromatic rings. The van der Waals surface area contributed by atoms with Crippen LogP contribution in [0.15, 0.2) is 48.5 Å². The Hall–Kier alpha value is -2.93. The second kappa shape index (κ2) is 8.21. The van der Waals surface area contributed by atoms with Gasteiger partial charge in [-0.05, 0) is 43.5 Å². The molecule has 0 saturated heterocycles. The number of carbonyl (C=O) groups excluding carboxylic acids is 1. The van der Waals surface area contributed by atoms with Gasteiger partial charge in [-0.3, -0.25) is 9.78 Å². The molecule has 0 unspecified atom stereocenters. The molecule has 0 spiro atoms. The number of aliphatic hydroxyl groups excluding tert-OH is 1. The van der Waals surface area contributed by atoms with Crippen LogP contribution in [-0.4, -0.2) is 28.1 Å². The van der Waals surface area contributed by atoms with Gasteiger partial charge in [0.25, 0.3) is 5.91 Å². The van der Waals surface area contributed by atoms with E-state index in [2.05, 4.69) is 10.3 Å². The zero-order chi connectivity index (χ0) is 20.4. The zero-order valence-corrected chi connectivity index (χ0v) is 16.3. The van der Waals surface area contributed by atoms with E-state index in [4.69, 9.17) is 4.74 Å². The first kappa shape index (κ1) is 19.4. The minimum absolute atomic E-state index is 0.000411. The largest absolute Gasteiger partial charge is 0.445 e. The number of fused-ring (bicyclic) bond motifs is 1. The molecule has 2 aliphatic rings. The van der Waals surface area contributed by atoms with Crippen LogP contribution >= 0.6 is 0 Å². The van der Waals surface area contributed by atoms with E-state index in [-0.39, 0.29) is 17.6 Å². The van der Waals surface area contributed by atoms with Crippen LogP contribution in [0.4, 0.5) is 10.1 Å². The normalized spacial score (nSPS) is 21.1. The standard InChI is InChI=1S/C22H24FN3O3/c1-14-9-10-15(11-24-14)12-26-13-20(29-21-16(23)5-4-7-18(21)26)22(28)25-17-6-2-3-8-19(17)27/h4-5,7,9-11,13,17,19,27H,2-3,6,8,12H2,1H3,(H,25,28)/t17-,19-/m0/s1. The highest BCUT2D eigenvalue weighted by molar-refractivity contribution is 5.93. The number of halogens is 1. The number of benzene rings is 1. The summed E-state index contributed by atoms with van der Waals surface area (Å²) in [7, 11) is 0. The van der Waals surface area contributed by atoms with Gasteiger partial charge in [-0.1, -0.05) is 25.0 Å². The van der Waals surface area contributed by atoms with E-state index in [1.165, 1.54) is 6.07 Å². The first-order chi connectivity index (χ1) is 14.0. The third kappa shape index (κ3) is 4.24. The number of aryl methyl sites for hydroxylation is 1. The molecule has 1 aromatic carbocycles. The van der Waals surface area contributed by atoms with E-state index in [9.17, 15) is 14.3 Å². The summed E-state index contributed by atoms with van der Waals surface area (Å²) in [4.78, 5) is 18.9. The second-order valence-corrected chi connectivity index (χ2v) is 7.55. The van der Waals surface area contributed by atoms with Gasteiger partial charge in [0.05, 0.1) is 24.0 Å². The van der Waals surface area contributed by atoms with Crippen molar-refractivity contribution in [2.75, 3.05) is 4.90 Å². The molecule has 2 atom stereocenters. The van der Waals surface area contributed by atoms with Gasteiger partial charge in [0, 0.05) is 18.4 Å². The van der Waals surface area contributed by atoms with Gasteiger partial charge in [-0.25, -0.2) is 4.39 Å². The molecule has 1 aliphatic carbocycles. The predicted octanol–water partition coefficient (Wildman–Crippen LogP) is 3.19. The van der Waals surface area contributed by atoms with E-state index in [1.54, 1.807) is 29.4 Å². The van der Waals surface area contributed by atoms with Crippen molar-refractivity contribution in [3.63, 3.8) is 0 Å². The first-order valence-electron chi connectivity index (χ1n) is 9.86. The lowest BCUT2D eigenvalue weighted by molar-refractivity contribution is -0.121. The van der Waals surface area contributed by atoms with Crippen molar-refractivity contribution in [3.8, 4) is 5.75 Å². The molecule has 2 heterocycles. The van der Waals surface area contributed by atoms with Crippen LogP contribution in [0.1, 0.15) is 36.9 Å². The van der Waals surface area contributed by atoms with Crippen LogP contribution in [0.3, 0.4) is 0 Å². The number of nitrogens with one attached hydrogen (secondary N) is 1. The number of anilines is 1. The lowest BCUT2D eigenvalue weighted by Gasteiger charge is -2.31. The van der Waals surface area contributed by atoms with Gasteiger partial charge >= 0.3 is 0 Å². The maximum Gasteiger partial charge on any atom is 0.288 e. The fourth-order valence-corrected chi connectivity index (χ4v) is 3.72. The molecule has 1 fully saturated rings. The molecule has 1 aliphatic heterocycles. The number of rotatable bonds is 4. The van der Waals surface area contributed by atoms with Crippen molar-refractivity contribution in [2.24, 2.45) is 0 Å². The summed E-state index contributed by atoms with van der Waals surface area (Å²) in [5.41, 5.74) is 2.37. The molecule has 6 nitrogen and oxygen atoms in total. The summed E-state index contributed by atoms with van der Waals surface area (Å²) in [6.45, 7) is 2.32. The number of ether oxygens (including phenoxy) is 1. The molecule has 1 aromatic heterocycles. The van der Waals surface area contributed by atoms with E-state index in [1.807, 2.05) is 19.1 Å². The third-order valence-corrected chi connectivity index (χ3v) is 5.34. The quantitative estimate of drug-likeness (QED) is 0.829. The highest BCUT2D eigenvalue weighted by Gasteiger charge is 2.30. The molecule has 152 valence electrons. The summed E-state index contributed by atoms with van der Waals surface area (Å²) in [6.07, 6.45) is 6.03. The molecule has 0 radical (unpaired) electrons. The number of pyridine rings is 1. The molecule has 1 amide bonds. The number of aromatic nitrogens is 1. The maximum absolute atomic E-state index is 14.4. The summed E-state index contributed by atoms with van der Waals surface area (Å²) < 4.78 is 20.1. The van der Waals surface area contributed by atoms with Gasteiger partial charge in [0.2, 0.25) is 5.76 Å². The fraction of sp³-hybridized carbons (Fsp3) is 0.364. The number of hydrogen-bond donors (Lipinski definition) is 2. The number of hydrogen-bond acceptors (Lipinski definition) is 5. The highest BCUT2D eigenvalue weighted by atomic mass is 19.1. The molecule has 29 heavy (non-hydrogen) atoms. The Morgan fingerprint density at radius 1 is 1.31 bits per heavy atom. The van der Waals surface area contributed by atoms with Gasteiger partial charge in [0.15, 0.2) is 11.6 Å². The molecular weight excluding hydrogens is 373 g/mol. The topological polar surface area (TPSA) is 74.7 Å². The second-order valence-electron chi connectivity index (χ2n) is 7.55. The van der Waals surface area contributed by atoms with Crippen molar-refractivity contribution < 1.29 is 19.0 Å². The van der Waals surface area contributed by atoms with Gasteiger partial charge in [-0.2, -0.15) is 0 Å². The van der Waals surface area contributed by atoms with Gasteiger partial charge in [0.1, 0.15) is 0 Å². The van der Waals surface area contributed by atoms with Crippen molar-refractivity contribution in [2.45, 2.75) is 51.3 Å². The number of carbonyl (C=O) groups is 1. The van der Waals surface area contributed by atoms with E-state index in [0.29, 0.717) is 25.1 Å². The minimum Gasteiger partial charge on any atom is -0.445 e. The van der Waals surface area contributed by atoms with Crippen LogP contribution in [0.5, 0.6) is 5.75 Å². The average Bonchev–Trinajstić information content (AvgIpc) is 2.72.